The Labute approximate surface area is 157 Å². The smallest absolute Gasteiger partial charge is 0.432 e. The molecule has 0 aliphatic heterocycles. The lowest BCUT2D eigenvalue weighted by atomic mass is 10.2. The summed E-state index contributed by atoms with van der Waals surface area (Å²) in [6, 6.07) is 0. The normalized spacial score (nSPS) is 8.09. The highest BCUT2D eigenvalue weighted by molar-refractivity contribution is 15.0. The van der Waals surface area contributed by atoms with E-state index in [-0.39, 0.29) is 6.61 Å². The summed E-state index contributed by atoms with van der Waals surface area (Å²) in [5.41, 5.74) is 4.04. The second-order valence-corrected chi connectivity index (χ2v) is 4.76. The number of allylic oxidation sites excluding steroid dienone is 3. The lowest BCUT2D eigenvalue weighted by Crippen LogP contribution is -2.13. The average molecular weight is 540 g/mol. The molecule has 0 atom stereocenters. The third-order valence-corrected chi connectivity index (χ3v) is 2.50. The highest BCUT2D eigenvalue weighted by atomic mass is 128. The molecule has 0 aromatic heterocycles. The van der Waals surface area contributed by atoms with Crippen LogP contribution in [0.1, 0.15) is 55.4 Å². The Morgan fingerprint density at radius 3 is 1.45 bits per heavy atom. The number of halogens is 2. The topological polar surface area (TPSA) is 61.8 Å². The standard InChI is InChI=1S/C9H14O5.C6H12.I2/c1-5-12-9(11)14-13-8(10)7(4)6(2)3;1-5(2)6(3)4;1-2/h5H2,1-4H3;1-4H3;. The van der Waals surface area contributed by atoms with E-state index in [1.54, 1.807) is 27.7 Å². The van der Waals surface area contributed by atoms with Gasteiger partial charge in [-0.25, -0.2) is 14.6 Å². The fraction of sp³-hybridized carbons (Fsp3) is 0.600. The first-order valence-electron chi connectivity index (χ1n) is 6.58. The molecule has 0 aromatic carbocycles. The van der Waals surface area contributed by atoms with Crippen molar-refractivity contribution in [3.05, 3.63) is 22.3 Å². The van der Waals surface area contributed by atoms with Crippen molar-refractivity contribution in [1.29, 1.82) is 0 Å². The highest BCUT2D eigenvalue weighted by Crippen LogP contribution is 2.04. The van der Waals surface area contributed by atoms with E-state index in [4.69, 9.17) is 0 Å². The summed E-state index contributed by atoms with van der Waals surface area (Å²) in [4.78, 5) is 30.0. The van der Waals surface area contributed by atoms with Crippen molar-refractivity contribution in [2.24, 2.45) is 0 Å². The molecule has 0 saturated carbocycles. The summed E-state index contributed by atoms with van der Waals surface area (Å²) in [5, 5.41) is 0. The molecule has 0 unspecified atom stereocenters. The molecule has 0 N–H and O–H groups in total. The fourth-order valence-electron chi connectivity index (χ4n) is 0.480. The summed E-state index contributed by atoms with van der Waals surface area (Å²) in [7, 11) is 0. The van der Waals surface area contributed by atoms with E-state index in [0.29, 0.717) is 5.57 Å². The van der Waals surface area contributed by atoms with Crippen molar-refractivity contribution >= 4 is 49.4 Å². The number of rotatable bonds is 2. The van der Waals surface area contributed by atoms with Crippen LogP contribution in [0.2, 0.25) is 0 Å². The molecule has 0 rings (SSSR count). The maximum Gasteiger partial charge on any atom is 0.549 e. The van der Waals surface area contributed by atoms with E-state index in [1.165, 1.54) is 11.1 Å². The van der Waals surface area contributed by atoms with Crippen LogP contribution >= 0.6 is 37.2 Å². The van der Waals surface area contributed by atoms with Crippen molar-refractivity contribution < 1.29 is 24.1 Å². The van der Waals surface area contributed by atoms with E-state index >= 15 is 0 Å². The third kappa shape index (κ3) is 17.7. The fourth-order valence-corrected chi connectivity index (χ4v) is 0.480. The van der Waals surface area contributed by atoms with Crippen LogP contribution in [0.15, 0.2) is 22.3 Å². The molecule has 22 heavy (non-hydrogen) atoms. The first-order valence-corrected chi connectivity index (χ1v) is 12.9. The maximum absolute atomic E-state index is 11.1. The molecule has 130 valence electrons. The quantitative estimate of drug-likeness (QED) is 0.106. The molecule has 0 aromatic rings. The molecule has 0 aliphatic carbocycles. The molecule has 0 radical (unpaired) electrons. The van der Waals surface area contributed by atoms with Crippen LogP contribution in [0.25, 0.3) is 0 Å². The lowest BCUT2D eigenvalue weighted by molar-refractivity contribution is -0.238. The van der Waals surface area contributed by atoms with Gasteiger partial charge in [0.25, 0.3) is 0 Å². The molecular formula is C15H26I2O5. The van der Waals surface area contributed by atoms with E-state index in [9.17, 15) is 9.59 Å². The monoisotopic (exact) mass is 540 g/mol. The maximum atomic E-state index is 11.1. The predicted octanol–water partition coefficient (Wildman–Crippen LogP) is 6.11. The van der Waals surface area contributed by atoms with Crippen molar-refractivity contribution in [1.82, 2.24) is 0 Å². The van der Waals surface area contributed by atoms with Gasteiger partial charge < -0.3 is 4.74 Å². The van der Waals surface area contributed by atoms with Crippen LogP contribution in [0, 0.1) is 0 Å². The first kappa shape index (κ1) is 26.6. The van der Waals surface area contributed by atoms with Crippen LogP contribution < -0.4 is 0 Å². The Balaban J connectivity index is -0.000000378. The Morgan fingerprint density at radius 2 is 1.18 bits per heavy atom. The summed E-state index contributed by atoms with van der Waals surface area (Å²) in [5.74, 6) is -0.696. The summed E-state index contributed by atoms with van der Waals surface area (Å²) in [6.45, 7) is 15.3. The summed E-state index contributed by atoms with van der Waals surface area (Å²) >= 11 is 4.24. The van der Waals surface area contributed by atoms with E-state index in [1.807, 2.05) is 0 Å². The minimum absolute atomic E-state index is 0.165. The molecule has 7 heteroatoms. The van der Waals surface area contributed by atoms with Crippen molar-refractivity contribution in [2.75, 3.05) is 6.61 Å². The first-order chi connectivity index (χ1) is 10.1. The number of carbonyl (C=O) groups is 2. The predicted molar refractivity (Wildman–Crippen MR) is 106 cm³/mol. The number of ether oxygens (including phenoxy) is 1. The van der Waals surface area contributed by atoms with Gasteiger partial charge >= 0.3 is 12.1 Å². The van der Waals surface area contributed by atoms with Crippen molar-refractivity contribution in [3.8, 4) is 0 Å². The number of hydrogen-bond acceptors (Lipinski definition) is 5. The van der Waals surface area contributed by atoms with E-state index in [0.717, 1.165) is 5.57 Å². The molecule has 5 nitrogen and oxygen atoms in total. The molecule has 0 heterocycles. The van der Waals surface area contributed by atoms with Crippen LogP contribution in [0.3, 0.4) is 0 Å². The SMILES string of the molecule is CC(C)=C(C)C.CCOC(=O)OOC(=O)C(C)=C(C)C.II. The minimum atomic E-state index is -1.03. The molecule has 0 saturated heterocycles. The average Bonchev–Trinajstić information content (AvgIpc) is 2.46. The van der Waals surface area contributed by atoms with Gasteiger partial charge in [-0.1, -0.05) is 16.7 Å². The largest absolute Gasteiger partial charge is 0.549 e. The third-order valence-electron chi connectivity index (χ3n) is 2.50. The molecule has 0 spiro atoms. The summed E-state index contributed by atoms with van der Waals surface area (Å²) in [6.07, 6.45) is -1.03. The molecule has 0 bridgehead atoms. The van der Waals surface area contributed by atoms with Crippen molar-refractivity contribution in [2.45, 2.75) is 55.4 Å². The second kappa shape index (κ2) is 17.0. The Morgan fingerprint density at radius 1 is 0.773 bits per heavy atom. The zero-order chi connectivity index (χ0) is 18.3. The van der Waals surface area contributed by atoms with Gasteiger partial charge in [-0.05, 0) is 55.4 Å². The van der Waals surface area contributed by atoms with E-state index < -0.39 is 12.1 Å². The molecule has 0 fully saturated rings. The van der Waals surface area contributed by atoms with Gasteiger partial charge in [-0.2, -0.15) is 4.79 Å². The Hall–Kier alpha value is -0.320. The highest BCUT2D eigenvalue weighted by Gasteiger charge is 2.12. The van der Waals surface area contributed by atoms with Gasteiger partial charge in [0.2, 0.25) is 0 Å². The van der Waals surface area contributed by atoms with Crippen LogP contribution in [-0.4, -0.2) is 18.7 Å². The lowest BCUT2D eigenvalue weighted by Gasteiger charge is -2.03. The van der Waals surface area contributed by atoms with Crippen LogP contribution in [0.5, 0.6) is 0 Å². The van der Waals surface area contributed by atoms with Gasteiger partial charge in [-0.15, -0.1) is 0 Å². The van der Waals surface area contributed by atoms with Gasteiger partial charge in [0.1, 0.15) is 0 Å². The molecule has 0 aliphatic rings. The minimum Gasteiger partial charge on any atom is -0.432 e. The zero-order valence-electron chi connectivity index (χ0n) is 14.5. The number of carbonyl (C=O) groups excluding carboxylic acids is 2. The zero-order valence-corrected chi connectivity index (χ0v) is 18.8. The van der Waals surface area contributed by atoms with Gasteiger partial charge in [0, 0.05) is 42.8 Å². The van der Waals surface area contributed by atoms with Crippen molar-refractivity contribution in [3.63, 3.8) is 0 Å². The van der Waals surface area contributed by atoms with Gasteiger partial charge in [-0.3, -0.25) is 0 Å². The van der Waals surface area contributed by atoms with E-state index in [2.05, 4.69) is 79.4 Å². The Kier molecular flexibility index (Phi) is 20.6. The Bertz CT molecular complexity index is 379. The van der Waals surface area contributed by atoms with Crippen LogP contribution in [-0.2, 0) is 19.3 Å². The number of hydrogen-bond donors (Lipinski definition) is 0. The van der Waals surface area contributed by atoms with Gasteiger partial charge in [0.15, 0.2) is 0 Å². The second-order valence-electron chi connectivity index (χ2n) is 4.76. The summed E-state index contributed by atoms with van der Waals surface area (Å²) < 4.78 is 4.38. The van der Waals surface area contributed by atoms with Crippen LogP contribution in [0.4, 0.5) is 4.79 Å². The molecular weight excluding hydrogens is 514 g/mol. The molecule has 0 amide bonds. The van der Waals surface area contributed by atoms with Gasteiger partial charge in [0.05, 0.1) is 6.61 Å².